The van der Waals surface area contributed by atoms with Crippen LogP contribution in [-0.4, -0.2) is 22.1 Å². The second-order valence-electron chi connectivity index (χ2n) is 5.42. The molecule has 3 nitrogen and oxygen atoms in total. The average molecular weight is 265 g/mol. The monoisotopic (exact) mass is 265 g/mol. The van der Waals surface area contributed by atoms with Gasteiger partial charge in [-0.1, -0.05) is 10.5 Å². The maximum Gasteiger partial charge on any atom is 0.144 e. The van der Waals surface area contributed by atoms with Crippen LogP contribution in [0.2, 0.25) is 0 Å². The zero-order valence-corrected chi connectivity index (χ0v) is 12.1. The Labute approximate surface area is 112 Å². The maximum atomic E-state index is 12.1. The largest absolute Gasteiger partial charge is 0.591 e. The van der Waals surface area contributed by atoms with Crippen LogP contribution >= 0.6 is 0 Å². The van der Waals surface area contributed by atoms with Crippen molar-refractivity contribution in [3.05, 3.63) is 29.3 Å². The first-order chi connectivity index (χ1) is 8.41. The van der Waals surface area contributed by atoms with Crippen molar-refractivity contribution < 1.29 is 9.29 Å². The van der Waals surface area contributed by atoms with Crippen molar-refractivity contribution in [3.63, 3.8) is 0 Å². The van der Waals surface area contributed by atoms with Gasteiger partial charge < -0.3 is 9.29 Å². The molecule has 98 valence electrons. The van der Waals surface area contributed by atoms with Gasteiger partial charge in [-0.3, -0.25) is 0 Å². The Kier molecular flexibility index (Phi) is 3.69. The van der Waals surface area contributed by atoms with E-state index in [-0.39, 0.29) is 4.75 Å². The van der Waals surface area contributed by atoms with Gasteiger partial charge in [0.1, 0.15) is 21.9 Å². The second kappa shape index (κ2) is 4.94. The van der Waals surface area contributed by atoms with Crippen molar-refractivity contribution in [2.75, 3.05) is 7.11 Å². The van der Waals surface area contributed by atoms with E-state index in [4.69, 9.17) is 4.74 Å². The Hall–Kier alpha value is -1.00. The molecule has 0 heterocycles. The highest BCUT2D eigenvalue weighted by molar-refractivity contribution is 7.91. The first kappa shape index (κ1) is 13.4. The highest BCUT2D eigenvalue weighted by atomic mass is 32.2. The molecule has 1 atom stereocenters. The van der Waals surface area contributed by atoms with Crippen molar-refractivity contribution >= 4 is 17.1 Å². The molecule has 0 aliphatic heterocycles. The highest BCUT2D eigenvalue weighted by Gasteiger charge is 2.29. The van der Waals surface area contributed by atoms with E-state index in [0.717, 1.165) is 29.9 Å². The summed E-state index contributed by atoms with van der Waals surface area (Å²) in [4.78, 5) is 0. The maximum absolute atomic E-state index is 12.1. The summed E-state index contributed by atoms with van der Waals surface area (Å²) in [5, 5.41) is 0. The van der Waals surface area contributed by atoms with E-state index in [1.165, 1.54) is 5.56 Å². The fourth-order valence-corrected chi connectivity index (χ4v) is 2.55. The molecule has 1 aromatic carbocycles. The van der Waals surface area contributed by atoms with Crippen molar-refractivity contribution in [1.29, 1.82) is 0 Å². The van der Waals surface area contributed by atoms with Gasteiger partial charge in [-0.05, 0) is 51.3 Å². The highest BCUT2D eigenvalue weighted by Crippen LogP contribution is 2.28. The molecule has 1 unspecified atom stereocenters. The van der Waals surface area contributed by atoms with Crippen molar-refractivity contribution in [3.8, 4) is 5.75 Å². The predicted molar refractivity (Wildman–Crippen MR) is 75.7 cm³/mol. The number of hydrogen-bond acceptors (Lipinski definition) is 3. The van der Waals surface area contributed by atoms with Crippen molar-refractivity contribution in [2.45, 2.75) is 38.4 Å². The minimum absolute atomic E-state index is 0.311. The number of nitrogens with zero attached hydrogens (tertiary/aromatic N) is 1. The molecular weight excluding hydrogens is 246 g/mol. The van der Waals surface area contributed by atoms with Crippen LogP contribution in [0.5, 0.6) is 5.75 Å². The lowest BCUT2D eigenvalue weighted by atomic mass is 10.1. The molecule has 0 bridgehead atoms. The van der Waals surface area contributed by atoms with Gasteiger partial charge in [-0.15, -0.1) is 0 Å². The number of ether oxygens (including phenoxy) is 1. The van der Waals surface area contributed by atoms with Crippen LogP contribution in [0.25, 0.3) is 0 Å². The van der Waals surface area contributed by atoms with Crippen LogP contribution in [0.4, 0.5) is 0 Å². The van der Waals surface area contributed by atoms with Gasteiger partial charge in [-0.2, -0.15) is 0 Å². The molecule has 1 aliphatic rings. The van der Waals surface area contributed by atoms with Crippen molar-refractivity contribution in [1.82, 2.24) is 0 Å². The first-order valence-electron chi connectivity index (χ1n) is 6.08. The molecule has 1 aromatic rings. The summed E-state index contributed by atoms with van der Waals surface area (Å²) in [5.74, 6) is 0.824. The number of hydrogen-bond donors (Lipinski definition) is 0. The SMILES string of the molecule is COc1ccc2c(c1)C(=N[S+]([O-])C(C)(C)C)CC2. The molecule has 0 spiro atoms. The summed E-state index contributed by atoms with van der Waals surface area (Å²) in [5.41, 5.74) is 3.30. The average Bonchev–Trinajstić information content (AvgIpc) is 2.70. The van der Waals surface area contributed by atoms with Crippen LogP contribution in [0, 0.1) is 0 Å². The number of methoxy groups -OCH3 is 1. The van der Waals surface area contributed by atoms with Crippen LogP contribution in [0.3, 0.4) is 0 Å². The van der Waals surface area contributed by atoms with E-state index in [9.17, 15) is 4.55 Å². The van der Waals surface area contributed by atoms with Crippen LogP contribution in [0.1, 0.15) is 38.3 Å². The summed E-state index contributed by atoms with van der Waals surface area (Å²) >= 11 is -1.20. The number of rotatable bonds is 2. The number of benzene rings is 1. The molecule has 0 aromatic heterocycles. The lowest BCUT2D eigenvalue weighted by molar-refractivity contribution is 0.414. The van der Waals surface area contributed by atoms with Crippen LogP contribution < -0.4 is 4.74 Å². The van der Waals surface area contributed by atoms with Crippen LogP contribution in [0.15, 0.2) is 22.6 Å². The Balaban J connectivity index is 2.33. The molecule has 0 fully saturated rings. The van der Waals surface area contributed by atoms with E-state index in [1.807, 2.05) is 32.9 Å². The van der Waals surface area contributed by atoms with Crippen LogP contribution in [-0.2, 0) is 17.8 Å². The zero-order valence-electron chi connectivity index (χ0n) is 11.3. The van der Waals surface area contributed by atoms with Gasteiger partial charge in [0.05, 0.1) is 12.8 Å². The van der Waals surface area contributed by atoms with E-state index in [0.29, 0.717) is 0 Å². The Bertz CT molecular complexity index is 477. The molecule has 0 N–H and O–H groups in total. The van der Waals surface area contributed by atoms with E-state index in [2.05, 4.69) is 10.5 Å². The molecule has 0 amide bonds. The fraction of sp³-hybridized carbons (Fsp3) is 0.500. The third kappa shape index (κ3) is 2.70. The molecule has 0 saturated carbocycles. The topological polar surface area (TPSA) is 44.6 Å². The third-order valence-corrected chi connectivity index (χ3v) is 4.41. The first-order valence-corrected chi connectivity index (χ1v) is 7.19. The van der Waals surface area contributed by atoms with Gasteiger partial charge in [0.25, 0.3) is 0 Å². The third-order valence-electron chi connectivity index (χ3n) is 2.98. The van der Waals surface area contributed by atoms with Gasteiger partial charge in [0, 0.05) is 5.56 Å². The summed E-state index contributed by atoms with van der Waals surface area (Å²) in [6.45, 7) is 5.82. The minimum Gasteiger partial charge on any atom is -0.591 e. The van der Waals surface area contributed by atoms with E-state index < -0.39 is 11.4 Å². The molecule has 0 radical (unpaired) electrons. The summed E-state index contributed by atoms with van der Waals surface area (Å²) < 4.78 is 21.4. The smallest absolute Gasteiger partial charge is 0.144 e. The van der Waals surface area contributed by atoms with Gasteiger partial charge in [0.2, 0.25) is 0 Å². The standard InChI is InChI=1S/C14H19NO2S/c1-14(2,3)18(16)15-13-8-6-10-5-7-11(17-4)9-12(10)13/h5,7,9H,6,8H2,1-4H3. The summed E-state index contributed by atoms with van der Waals surface area (Å²) in [6, 6.07) is 6.01. The van der Waals surface area contributed by atoms with Gasteiger partial charge in [0.15, 0.2) is 0 Å². The molecular formula is C14H19NO2S. The Morgan fingerprint density at radius 2 is 2.00 bits per heavy atom. The lowest BCUT2D eigenvalue weighted by Crippen LogP contribution is -2.26. The number of fused-ring (bicyclic) bond motifs is 1. The van der Waals surface area contributed by atoms with E-state index >= 15 is 0 Å². The normalized spacial score (nSPS) is 18.8. The molecule has 1 aliphatic carbocycles. The fourth-order valence-electron chi connectivity index (χ4n) is 1.89. The lowest BCUT2D eigenvalue weighted by Gasteiger charge is -2.18. The van der Waals surface area contributed by atoms with Crippen molar-refractivity contribution in [2.24, 2.45) is 4.40 Å². The Morgan fingerprint density at radius 3 is 2.61 bits per heavy atom. The number of aryl methyl sites for hydroxylation is 1. The quantitative estimate of drug-likeness (QED) is 0.772. The molecule has 18 heavy (non-hydrogen) atoms. The predicted octanol–water partition coefficient (Wildman–Crippen LogP) is 2.89. The van der Waals surface area contributed by atoms with Gasteiger partial charge in [-0.25, -0.2) is 0 Å². The summed E-state index contributed by atoms with van der Waals surface area (Å²) in [6.07, 6.45) is 1.84. The minimum atomic E-state index is -1.20. The Morgan fingerprint density at radius 1 is 1.28 bits per heavy atom. The second-order valence-corrected chi connectivity index (χ2v) is 7.33. The molecule has 4 heteroatoms. The zero-order chi connectivity index (χ0) is 13.3. The molecule has 0 saturated heterocycles. The summed E-state index contributed by atoms with van der Waals surface area (Å²) in [7, 11) is 1.65. The van der Waals surface area contributed by atoms with E-state index in [1.54, 1.807) is 7.11 Å². The molecule has 2 rings (SSSR count). The van der Waals surface area contributed by atoms with Gasteiger partial charge >= 0.3 is 0 Å².